The van der Waals surface area contributed by atoms with Crippen LogP contribution < -0.4 is 5.32 Å². The molecule has 138 valence electrons. The molecular formula is C21H27N3O2. The van der Waals surface area contributed by atoms with E-state index in [4.69, 9.17) is 0 Å². The van der Waals surface area contributed by atoms with Gasteiger partial charge in [0, 0.05) is 44.3 Å². The monoisotopic (exact) mass is 353 g/mol. The van der Waals surface area contributed by atoms with Crippen LogP contribution in [0.25, 0.3) is 0 Å². The maximum Gasteiger partial charge on any atom is 0.226 e. The highest BCUT2D eigenvalue weighted by molar-refractivity contribution is 5.83. The van der Waals surface area contributed by atoms with Gasteiger partial charge in [-0.25, -0.2) is 0 Å². The molecule has 3 heterocycles. The Morgan fingerprint density at radius 3 is 2.46 bits per heavy atom. The van der Waals surface area contributed by atoms with Crippen LogP contribution in [0.3, 0.4) is 0 Å². The van der Waals surface area contributed by atoms with E-state index in [9.17, 15) is 9.59 Å². The molecule has 6 atom stereocenters. The highest BCUT2D eigenvalue weighted by Crippen LogP contribution is 2.52. The quantitative estimate of drug-likeness (QED) is 0.875. The van der Waals surface area contributed by atoms with Crippen molar-refractivity contribution >= 4 is 11.8 Å². The molecule has 5 nitrogen and oxygen atoms in total. The third-order valence-electron chi connectivity index (χ3n) is 7.26. The van der Waals surface area contributed by atoms with Gasteiger partial charge in [-0.15, -0.1) is 0 Å². The van der Waals surface area contributed by atoms with Gasteiger partial charge in [-0.3, -0.25) is 9.59 Å². The van der Waals surface area contributed by atoms with Crippen molar-refractivity contribution in [2.24, 2.45) is 29.6 Å². The molecule has 0 bridgehead atoms. The van der Waals surface area contributed by atoms with Gasteiger partial charge in [0.2, 0.25) is 11.8 Å². The summed E-state index contributed by atoms with van der Waals surface area (Å²) in [4.78, 5) is 29.4. The molecule has 0 aromatic heterocycles. The van der Waals surface area contributed by atoms with Crippen molar-refractivity contribution in [3.63, 3.8) is 0 Å². The summed E-state index contributed by atoms with van der Waals surface area (Å²) in [6.45, 7) is 8.21. The number of carbonyl (C=O) groups excluding carboxylic acids is 2. The SMILES string of the molecule is CC(=O)N1C[C@H]2CN(C(=O)C3[C@H]4CNC[C@@H]34)C[C@H]2[C@@H]1c1ccccc1C. The van der Waals surface area contributed by atoms with E-state index in [0.29, 0.717) is 29.6 Å². The number of likely N-dealkylation sites (tertiary alicyclic amines) is 2. The highest BCUT2D eigenvalue weighted by Gasteiger charge is 2.59. The fraction of sp³-hybridized carbons (Fsp3) is 0.619. The molecule has 5 heteroatoms. The molecule has 3 aliphatic heterocycles. The third-order valence-corrected chi connectivity index (χ3v) is 7.26. The van der Waals surface area contributed by atoms with Gasteiger partial charge in [-0.1, -0.05) is 24.3 Å². The molecule has 1 aromatic carbocycles. The van der Waals surface area contributed by atoms with Crippen molar-refractivity contribution in [1.82, 2.24) is 15.1 Å². The summed E-state index contributed by atoms with van der Waals surface area (Å²) in [6, 6.07) is 8.49. The molecule has 26 heavy (non-hydrogen) atoms. The van der Waals surface area contributed by atoms with Crippen molar-refractivity contribution < 1.29 is 9.59 Å². The lowest BCUT2D eigenvalue weighted by Gasteiger charge is -2.30. The third kappa shape index (κ3) is 2.33. The molecule has 3 saturated heterocycles. The minimum atomic E-state index is 0.108. The zero-order valence-corrected chi connectivity index (χ0v) is 15.5. The topological polar surface area (TPSA) is 52.7 Å². The molecular weight excluding hydrogens is 326 g/mol. The predicted molar refractivity (Wildman–Crippen MR) is 98.2 cm³/mol. The first-order valence-corrected chi connectivity index (χ1v) is 9.88. The average Bonchev–Trinajstić information content (AvgIpc) is 3.01. The lowest BCUT2D eigenvalue weighted by molar-refractivity contribution is -0.133. The molecule has 1 saturated carbocycles. The number of rotatable bonds is 2. The van der Waals surface area contributed by atoms with E-state index in [-0.39, 0.29) is 17.9 Å². The van der Waals surface area contributed by atoms with Crippen molar-refractivity contribution in [3.05, 3.63) is 35.4 Å². The molecule has 5 rings (SSSR count). The van der Waals surface area contributed by atoms with Gasteiger partial charge >= 0.3 is 0 Å². The van der Waals surface area contributed by atoms with Gasteiger partial charge in [0.15, 0.2) is 0 Å². The van der Waals surface area contributed by atoms with Gasteiger partial charge in [-0.05, 0) is 43.0 Å². The first-order chi connectivity index (χ1) is 12.6. The second kappa shape index (κ2) is 5.81. The molecule has 1 unspecified atom stereocenters. The number of hydrogen-bond donors (Lipinski definition) is 1. The summed E-state index contributed by atoms with van der Waals surface area (Å²) in [5, 5.41) is 3.38. The van der Waals surface area contributed by atoms with Gasteiger partial charge in [0.1, 0.15) is 0 Å². The van der Waals surface area contributed by atoms with E-state index < -0.39 is 0 Å². The van der Waals surface area contributed by atoms with Crippen LogP contribution in [0.1, 0.15) is 24.1 Å². The largest absolute Gasteiger partial charge is 0.342 e. The first kappa shape index (κ1) is 16.3. The zero-order chi connectivity index (χ0) is 18.0. The summed E-state index contributed by atoms with van der Waals surface area (Å²) < 4.78 is 0. The normalized spacial score (nSPS) is 37.6. The van der Waals surface area contributed by atoms with E-state index in [1.807, 2.05) is 11.0 Å². The molecule has 0 radical (unpaired) electrons. The second-order valence-corrected chi connectivity index (χ2v) is 8.65. The Hall–Kier alpha value is -1.88. The van der Waals surface area contributed by atoms with Crippen molar-refractivity contribution in [2.75, 3.05) is 32.7 Å². The zero-order valence-electron chi connectivity index (χ0n) is 15.5. The minimum absolute atomic E-state index is 0.108. The standard InChI is InChI=1S/C21H27N3O2/c1-12-5-3-4-6-15(12)20-18-11-23(9-14(18)10-24(20)13(2)25)21(26)19-16-7-22-8-17(16)19/h3-6,14,16-20,22H,7-11H2,1-2H3/t14-,16-,17+,18-,19?,20+/m1/s1. The number of benzene rings is 1. The molecule has 4 fully saturated rings. The average molecular weight is 353 g/mol. The van der Waals surface area contributed by atoms with Crippen LogP contribution in [-0.4, -0.2) is 54.3 Å². The number of aryl methyl sites for hydroxylation is 1. The highest BCUT2D eigenvalue weighted by atomic mass is 16.2. The number of piperidine rings is 1. The van der Waals surface area contributed by atoms with Gasteiger partial charge in [-0.2, -0.15) is 0 Å². The number of amides is 2. The van der Waals surface area contributed by atoms with Gasteiger partial charge < -0.3 is 15.1 Å². The van der Waals surface area contributed by atoms with Gasteiger partial charge in [0.05, 0.1) is 6.04 Å². The van der Waals surface area contributed by atoms with E-state index in [1.165, 1.54) is 11.1 Å². The number of nitrogens with one attached hydrogen (secondary N) is 1. The van der Waals surface area contributed by atoms with E-state index in [2.05, 4.69) is 35.3 Å². The van der Waals surface area contributed by atoms with Crippen LogP contribution in [-0.2, 0) is 9.59 Å². The van der Waals surface area contributed by atoms with Crippen molar-refractivity contribution in [3.8, 4) is 0 Å². The van der Waals surface area contributed by atoms with Crippen LogP contribution in [0.5, 0.6) is 0 Å². The van der Waals surface area contributed by atoms with Crippen molar-refractivity contribution in [2.45, 2.75) is 19.9 Å². The second-order valence-electron chi connectivity index (χ2n) is 8.65. The number of fused-ring (bicyclic) bond motifs is 2. The summed E-state index contributed by atoms with van der Waals surface area (Å²) >= 11 is 0. The summed E-state index contributed by atoms with van der Waals surface area (Å²) in [5.41, 5.74) is 2.48. The Balaban J connectivity index is 1.38. The van der Waals surface area contributed by atoms with Crippen LogP contribution in [0.4, 0.5) is 0 Å². The van der Waals surface area contributed by atoms with Gasteiger partial charge in [0.25, 0.3) is 0 Å². The fourth-order valence-electron chi connectivity index (χ4n) is 5.86. The molecule has 1 N–H and O–H groups in total. The number of hydrogen-bond acceptors (Lipinski definition) is 3. The Morgan fingerprint density at radius 1 is 1.04 bits per heavy atom. The molecule has 4 aliphatic rings. The lowest BCUT2D eigenvalue weighted by atomic mass is 9.87. The smallest absolute Gasteiger partial charge is 0.226 e. The Bertz CT molecular complexity index is 753. The van der Waals surface area contributed by atoms with Crippen molar-refractivity contribution in [1.29, 1.82) is 0 Å². The van der Waals surface area contributed by atoms with Crippen LogP contribution in [0, 0.1) is 36.5 Å². The molecule has 1 aromatic rings. The Kier molecular flexibility index (Phi) is 3.64. The fourth-order valence-corrected chi connectivity index (χ4v) is 5.86. The molecule has 2 amide bonds. The van der Waals surface area contributed by atoms with Crippen LogP contribution >= 0.6 is 0 Å². The molecule has 0 spiro atoms. The molecule has 1 aliphatic carbocycles. The first-order valence-electron chi connectivity index (χ1n) is 9.88. The summed E-state index contributed by atoms with van der Waals surface area (Å²) in [5.74, 6) is 2.69. The Morgan fingerprint density at radius 2 is 1.77 bits per heavy atom. The van der Waals surface area contributed by atoms with Crippen LogP contribution in [0.2, 0.25) is 0 Å². The van der Waals surface area contributed by atoms with Crippen LogP contribution in [0.15, 0.2) is 24.3 Å². The van der Waals surface area contributed by atoms with E-state index in [1.54, 1.807) is 6.92 Å². The minimum Gasteiger partial charge on any atom is -0.342 e. The number of nitrogens with zero attached hydrogens (tertiary/aromatic N) is 2. The van der Waals surface area contributed by atoms with E-state index >= 15 is 0 Å². The maximum atomic E-state index is 13.0. The summed E-state index contributed by atoms with van der Waals surface area (Å²) in [6.07, 6.45) is 0. The maximum absolute atomic E-state index is 13.0. The number of carbonyl (C=O) groups is 2. The summed E-state index contributed by atoms with van der Waals surface area (Å²) in [7, 11) is 0. The Labute approximate surface area is 154 Å². The predicted octanol–water partition coefficient (Wildman–Crippen LogP) is 1.44. The van der Waals surface area contributed by atoms with E-state index in [0.717, 1.165) is 32.7 Å². The lowest BCUT2D eigenvalue weighted by Crippen LogP contribution is -2.38.